The van der Waals surface area contributed by atoms with Gasteiger partial charge in [-0.2, -0.15) is 0 Å². The van der Waals surface area contributed by atoms with Gasteiger partial charge in [0.1, 0.15) is 0 Å². The van der Waals surface area contributed by atoms with Crippen LogP contribution in [0, 0.1) is 0 Å². The third-order valence-corrected chi connectivity index (χ3v) is 4.16. The minimum atomic E-state index is -0.232. The molecule has 5 heteroatoms. The monoisotopic (exact) mass is 333 g/mol. The number of hydrogen-bond acceptors (Lipinski definition) is 4. The highest BCUT2D eigenvalue weighted by atomic mass is 16.2. The lowest BCUT2D eigenvalue weighted by atomic mass is 9.90. The van der Waals surface area contributed by atoms with Crippen LogP contribution in [0.25, 0.3) is 0 Å². The van der Waals surface area contributed by atoms with Crippen molar-refractivity contribution in [2.24, 2.45) is 0 Å². The molecule has 3 N–H and O–H groups in total. The number of piperidine rings is 1. The summed E-state index contributed by atoms with van der Waals surface area (Å²) < 4.78 is 0. The van der Waals surface area contributed by atoms with Crippen molar-refractivity contribution in [3.63, 3.8) is 0 Å². The standard InChI is InChI=1S/C17H25N3O2.C2H6/c1-13(2-7-17(22)19-12-21)20-16-5-3-14(4-6-16)15-8-10-18-11-9-15;1-2/h3-6,12-13,15,18,20H,2,7-11H2,1H3,(H,19,21,22);1-2H3. The Morgan fingerprint density at radius 1 is 1.25 bits per heavy atom. The molecule has 1 unspecified atom stereocenters. The van der Waals surface area contributed by atoms with Crippen molar-refractivity contribution in [2.45, 2.75) is 58.4 Å². The number of anilines is 1. The average Bonchev–Trinajstić information content (AvgIpc) is 2.63. The molecule has 0 spiro atoms. The molecule has 24 heavy (non-hydrogen) atoms. The van der Waals surface area contributed by atoms with Crippen molar-refractivity contribution in [1.82, 2.24) is 10.6 Å². The van der Waals surface area contributed by atoms with Crippen LogP contribution in [0.1, 0.15) is 57.9 Å². The second-order valence-electron chi connectivity index (χ2n) is 5.92. The molecule has 1 aromatic rings. The largest absolute Gasteiger partial charge is 0.383 e. The number of benzene rings is 1. The fourth-order valence-electron chi connectivity index (χ4n) is 2.85. The van der Waals surface area contributed by atoms with Crippen molar-refractivity contribution >= 4 is 18.0 Å². The van der Waals surface area contributed by atoms with E-state index >= 15 is 0 Å². The van der Waals surface area contributed by atoms with E-state index in [0.29, 0.717) is 25.2 Å². The Balaban J connectivity index is 0.00000139. The van der Waals surface area contributed by atoms with Gasteiger partial charge in [-0.25, -0.2) is 0 Å². The Bertz CT molecular complexity index is 482. The van der Waals surface area contributed by atoms with Crippen molar-refractivity contribution < 1.29 is 9.59 Å². The number of carbonyl (C=O) groups excluding carboxylic acids is 2. The molecule has 134 valence electrons. The Morgan fingerprint density at radius 2 is 1.88 bits per heavy atom. The van der Waals surface area contributed by atoms with Crippen LogP contribution >= 0.6 is 0 Å². The van der Waals surface area contributed by atoms with Crippen molar-refractivity contribution in [3.8, 4) is 0 Å². The molecule has 2 amide bonds. The first-order valence-electron chi connectivity index (χ1n) is 8.99. The molecule has 1 aliphatic rings. The fraction of sp³-hybridized carbons (Fsp3) is 0.579. The summed E-state index contributed by atoms with van der Waals surface area (Å²) in [7, 11) is 0. The second-order valence-corrected chi connectivity index (χ2v) is 5.92. The molecule has 1 saturated heterocycles. The Labute approximate surface area is 145 Å². The van der Waals surface area contributed by atoms with Crippen LogP contribution in [-0.2, 0) is 9.59 Å². The molecule has 1 aliphatic heterocycles. The molecule has 0 aromatic heterocycles. The van der Waals surface area contributed by atoms with Crippen LogP contribution < -0.4 is 16.0 Å². The van der Waals surface area contributed by atoms with E-state index in [9.17, 15) is 9.59 Å². The minimum absolute atomic E-state index is 0.183. The summed E-state index contributed by atoms with van der Waals surface area (Å²) in [5.74, 6) is 0.435. The molecular weight excluding hydrogens is 302 g/mol. The quantitative estimate of drug-likeness (QED) is 0.671. The molecule has 0 saturated carbocycles. The van der Waals surface area contributed by atoms with E-state index in [4.69, 9.17) is 0 Å². The van der Waals surface area contributed by atoms with Gasteiger partial charge in [-0.15, -0.1) is 0 Å². The van der Waals surface area contributed by atoms with Gasteiger partial charge in [0, 0.05) is 18.2 Å². The summed E-state index contributed by atoms with van der Waals surface area (Å²) in [4.78, 5) is 21.4. The molecule has 0 radical (unpaired) electrons. The molecule has 1 atom stereocenters. The van der Waals surface area contributed by atoms with Gasteiger partial charge in [0.25, 0.3) is 0 Å². The SMILES string of the molecule is CC.CC(CCC(=O)NC=O)Nc1ccc(C2CCNCC2)cc1. The first-order chi connectivity index (χ1) is 11.7. The molecule has 0 aliphatic carbocycles. The fourth-order valence-corrected chi connectivity index (χ4v) is 2.85. The zero-order valence-electron chi connectivity index (χ0n) is 15.1. The molecule has 1 aromatic carbocycles. The average molecular weight is 333 g/mol. The van der Waals surface area contributed by atoms with Crippen LogP contribution in [0.15, 0.2) is 24.3 Å². The van der Waals surface area contributed by atoms with Crippen LogP contribution in [0.5, 0.6) is 0 Å². The van der Waals surface area contributed by atoms with E-state index in [1.807, 2.05) is 20.8 Å². The van der Waals surface area contributed by atoms with Gasteiger partial charge in [-0.3, -0.25) is 14.9 Å². The number of carbonyl (C=O) groups is 2. The Hall–Kier alpha value is -1.88. The van der Waals surface area contributed by atoms with Crippen LogP contribution in [0.4, 0.5) is 5.69 Å². The van der Waals surface area contributed by atoms with Gasteiger partial charge in [-0.05, 0) is 62.9 Å². The molecule has 1 heterocycles. The van der Waals surface area contributed by atoms with E-state index in [-0.39, 0.29) is 11.9 Å². The zero-order valence-corrected chi connectivity index (χ0v) is 15.1. The van der Waals surface area contributed by atoms with E-state index in [2.05, 4.69) is 40.2 Å². The molecule has 2 rings (SSSR count). The predicted molar refractivity (Wildman–Crippen MR) is 99.2 cm³/mol. The summed E-state index contributed by atoms with van der Waals surface area (Å²) >= 11 is 0. The van der Waals surface area contributed by atoms with Gasteiger partial charge < -0.3 is 10.6 Å². The number of rotatable bonds is 7. The van der Waals surface area contributed by atoms with E-state index in [0.717, 1.165) is 18.8 Å². The highest BCUT2D eigenvalue weighted by Crippen LogP contribution is 2.26. The number of amides is 2. The first-order valence-corrected chi connectivity index (χ1v) is 8.99. The van der Waals surface area contributed by atoms with Gasteiger partial charge in [0.05, 0.1) is 0 Å². The third kappa shape index (κ3) is 7.13. The topological polar surface area (TPSA) is 70.2 Å². The zero-order chi connectivity index (χ0) is 17.8. The van der Waals surface area contributed by atoms with Crippen LogP contribution in [0.3, 0.4) is 0 Å². The lowest BCUT2D eigenvalue weighted by Gasteiger charge is -2.23. The molecule has 0 bridgehead atoms. The Kier molecular flexibility index (Phi) is 9.77. The normalized spacial score (nSPS) is 15.6. The summed E-state index contributed by atoms with van der Waals surface area (Å²) in [5, 5.41) is 8.93. The van der Waals surface area contributed by atoms with Crippen LogP contribution in [0.2, 0.25) is 0 Å². The number of imide groups is 1. The second kappa shape index (κ2) is 11.6. The van der Waals surface area contributed by atoms with E-state index < -0.39 is 0 Å². The summed E-state index contributed by atoms with van der Waals surface area (Å²) in [6.07, 6.45) is 3.87. The number of hydrogen-bond donors (Lipinski definition) is 3. The molecule has 5 nitrogen and oxygen atoms in total. The highest BCUT2D eigenvalue weighted by molar-refractivity contribution is 5.85. The summed E-state index contributed by atoms with van der Waals surface area (Å²) in [6, 6.07) is 8.80. The van der Waals surface area contributed by atoms with E-state index in [1.54, 1.807) is 0 Å². The lowest BCUT2D eigenvalue weighted by molar-refractivity contribution is -0.125. The smallest absolute Gasteiger partial charge is 0.226 e. The maximum atomic E-state index is 11.2. The summed E-state index contributed by atoms with van der Waals surface area (Å²) in [5.41, 5.74) is 2.48. The highest BCUT2D eigenvalue weighted by Gasteiger charge is 2.14. The van der Waals surface area contributed by atoms with E-state index in [1.165, 1.54) is 18.4 Å². The maximum Gasteiger partial charge on any atom is 0.226 e. The first kappa shape index (κ1) is 20.2. The van der Waals surface area contributed by atoms with Gasteiger partial charge in [0.15, 0.2) is 0 Å². The van der Waals surface area contributed by atoms with Crippen molar-refractivity contribution in [1.29, 1.82) is 0 Å². The molecule has 1 fully saturated rings. The van der Waals surface area contributed by atoms with Crippen molar-refractivity contribution in [2.75, 3.05) is 18.4 Å². The van der Waals surface area contributed by atoms with Gasteiger partial charge >= 0.3 is 0 Å². The Morgan fingerprint density at radius 3 is 2.46 bits per heavy atom. The third-order valence-electron chi connectivity index (χ3n) is 4.16. The van der Waals surface area contributed by atoms with Crippen LogP contribution in [-0.4, -0.2) is 31.4 Å². The molecular formula is C19H31N3O2. The maximum absolute atomic E-state index is 11.2. The predicted octanol–water partition coefficient (Wildman–Crippen LogP) is 3.03. The van der Waals surface area contributed by atoms with Gasteiger partial charge in [-0.1, -0.05) is 26.0 Å². The van der Waals surface area contributed by atoms with Crippen molar-refractivity contribution in [3.05, 3.63) is 29.8 Å². The van der Waals surface area contributed by atoms with Gasteiger partial charge in [0.2, 0.25) is 12.3 Å². The summed E-state index contributed by atoms with van der Waals surface area (Å²) in [6.45, 7) is 8.24. The minimum Gasteiger partial charge on any atom is -0.383 e. The number of nitrogens with one attached hydrogen (secondary N) is 3. The lowest BCUT2D eigenvalue weighted by Crippen LogP contribution is -2.26.